The molecule has 8 heteroatoms. The van der Waals surface area contributed by atoms with Gasteiger partial charge in [0.05, 0.1) is 36.0 Å². The molecule has 0 bridgehead atoms. The van der Waals surface area contributed by atoms with Crippen molar-refractivity contribution in [2.45, 2.75) is 0 Å². The van der Waals surface area contributed by atoms with Gasteiger partial charge in [-0.25, -0.2) is 15.0 Å². The van der Waals surface area contributed by atoms with E-state index in [0.29, 0.717) is 22.3 Å². The van der Waals surface area contributed by atoms with Gasteiger partial charge in [0.2, 0.25) is 5.41 Å². The topological polar surface area (TPSA) is 106 Å². The van der Waals surface area contributed by atoms with Crippen LogP contribution in [-0.4, -0.2) is 36.1 Å². The molecule has 2 aromatic rings. The van der Waals surface area contributed by atoms with E-state index in [1.807, 2.05) is 24.3 Å². The van der Waals surface area contributed by atoms with Gasteiger partial charge in [-0.3, -0.25) is 9.59 Å². The highest BCUT2D eigenvalue weighted by molar-refractivity contribution is 6.10. The normalized spacial score (nSPS) is 15.8. The predicted molar refractivity (Wildman–Crippen MR) is 90.0 cm³/mol. The predicted octanol–water partition coefficient (Wildman–Crippen LogP) is -1.43. The van der Waals surface area contributed by atoms with Gasteiger partial charge in [-0.2, -0.15) is 0 Å². The summed E-state index contributed by atoms with van der Waals surface area (Å²) < 4.78 is 9.56. The first kappa shape index (κ1) is 15.9. The fourth-order valence-corrected chi connectivity index (χ4v) is 2.92. The lowest BCUT2D eigenvalue weighted by Gasteiger charge is -2.22. The van der Waals surface area contributed by atoms with Gasteiger partial charge in [-0.05, 0) is 24.3 Å². The number of imidazole rings is 1. The second-order valence-corrected chi connectivity index (χ2v) is 5.75. The van der Waals surface area contributed by atoms with Crippen molar-refractivity contribution in [2.75, 3.05) is 14.2 Å². The SMILES string of the molecule is COC(=O)C1(C(=O)OC)C=Cc2nc(=C3N=c4ccccc4=N3)[nH]c2=C1. The smallest absolute Gasteiger partial charge is 0.331 e. The maximum absolute atomic E-state index is 12.2. The Kier molecular flexibility index (Phi) is 3.54. The third-order valence-corrected chi connectivity index (χ3v) is 4.23. The third-order valence-electron chi connectivity index (χ3n) is 4.23. The number of methoxy groups -OCH3 is 2. The fraction of sp³-hybridized carbons (Fsp3) is 0.167. The van der Waals surface area contributed by atoms with Gasteiger partial charge in [0.25, 0.3) is 0 Å². The molecule has 1 N–H and O–H groups in total. The standard InChI is InChI=1S/C18H14N4O4/c1-25-16(23)18(17(24)26-2)8-7-12-13(9-18)22-15(21-12)14-19-10-5-3-4-6-11(10)20-14/h3-9,22H,1-2H3. The van der Waals surface area contributed by atoms with Gasteiger partial charge in [0.1, 0.15) is 0 Å². The minimum absolute atomic E-state index is 0.434. The number of benzene rings is 1. The number of para-hydroxylation sites is 2. The molecular formula is C18H14N4O4. The highest BCUT2D eigenvalue weighted by atomic mass is 16.5. The minimum Gasteiger partial charge on any atom is -0.468 e. The number of rotatable bonds is 2. The van der Waals surface area contributed by atoms with E-state index < -0.39 is 17.4 Å². The molecule has 4 rings (SSSR count). The van der Waals surface area contributed by atoms with Gasteiger partial charge in [-0.15, -0.1) is 0 Å². The number of H-pyrrole nitrogens is 1. The van der Waals surface area contributed by atoms with E-state index in [9.17, 15) is 9.59 Å². The molecule has 0 atom stereocenters. The number of aromatic amines is 1. The van der Waals surface area contributed by atoms with Crippen molar-refractivity contribution in [3.8, 4) is 0 Å². The second kappa shape index (κ2) is 5.76. The molecule has 130 valence electrons. The lowest BCUT2D eigenvalue weighted by molar-refractivity contribution is -0.160. The monoisotopic (exact) mass is 350 g/mol. The van der Waals surface area contributed by atoms with Gasteiger partial charge < -0.3 is 14.5 Å². The Morgan fingerprint density at radius 2 is 1.65 bits per heavy atom. The van der Waals surface area contributed by atoms with Crippen LogP contribution in [0.2, 0.25) is 0 Å². The molecule has 2 heterocycles. The van der Waals surface area contributed by atoms with Crippen LogP contribution in [-0.2, 0) is 19.1 Å². The lowest BCUT2D eigenvalue weighted by atomic mass is 9.84. The summed E-state index contributed by atoms with van der Waals surface area (Å²) >= 11 is 0. The third kappa shape index (κ3) is 2.26. The molecule has 0 saturated carbocycles. The molecule has 1 aromatic carbocycles. The van der Waals surface area contributed by atoms with Crippen LogP contribution in [0.25, 0.3) is 18.0 Å². The first-order chi connectivity index (χ1) is 12.6. The first-order valence-corrected chi connectivity index (χ1v) is 7.79. The van der Waals surface area contributed by atoms with Crippen molar-refractivity contribution in [3.05, 3.63) is 57.6 Å². The van der Waals surface area contributed by atoms with Gasteiger partial charge in [-0.1, -0.05) is 18.2 Å². The molecule has 1 aromatic heterocycles. The van der Waals surface area contributed by atoms with Crippen molar-refractivity contribution in [2.24, 2.45) is 15.4 Å². The molecule has 0 unspecified atom stereocenters. The zero-order chi connectivity index (χ0) is 18.3. The molecule has 0 amide bonds. The molecule has 0 saturated heterocycles. The molecule has 26 heavy (non-hydrogen) atoms. The number of hydrogen-bond acceptors (Lipinski definition) is 7. The Morgan fingerprint density at radius 3 is 2.23 bits per heavy atom. The maximum Gasteiger partial charge on any atom is 0.331 e. The van der Waals surface area contributed by atoms with Crippen LogP contribution < -0.4 is 21.5 Å². The van der Waals surface area contributed by atoms with Crippen molar-refractivity contribution < 1.29 is 19.1 Å². The van der Waals surface area contributed by atoms with Gasteiger partial charge in [0, 0.05) is 0 Å². The van der Waals surface area contributed by atoms with E-state index in [0.717, 1.165) is 10.7 Å². The van der Waals surface area contributed by atoms with E-state index in [2.05, 4.69) is 20.0 Å². The summed E-state index contributed by atoms with van der Waals surface area (Å²) in [5.74, 6) is -1.04. The summed E-state index contributed by atoms with van der Waals surface area (Å²) in [6.45, 7) is 0. The van der Waals surface area contributed by atoms with Crippen LogP contribution in [0.5, 0.6) is 0 Å². The number of hydrogen-bond donors (Lipinski definition) is 1. The maximum atomic E-state index is 12.2. The summed E-state index contributed by atoms with van der Waals surface area (Å²) in [7, 11) is 2.43. The summed E-state index contributed by atoms with van der Waals surface area (Å²) in [5, 5.41) is 2.01. The molecule has 1 aliphatic heterocycles. The van der Waals surface area contributed by atoms with Crippen LogP contribution in [0.4, 0.5) is 0 Å². The van der Waals surface area contributed by atoms with Crippen LogP contribution in [0.3, 0.4) is 0 Å². The number of fused-ring (bicyclic) bond motifs is 2. The molecule has 0 fully saturated rings. The Labute approximate surface area is 146 Å². The van der Waals surface area contributed by atoms with Crippen LogP contribution in [0, 0.1) is 5.41 Å². The summed E-state index contributed by atoms with van der Waals surface area (Å²) in [4.78, 5) is 40.9. The first-order valence-electron chi connectivity index (χ1n) is 7.79. The number of nitrogens with one attached hydrogen (secondary N) is 1. The van der Waals surface area contributed by atoms with E-state index in [-0.39, 0.29) is 0 Å². The number of ether oxygens (including phenoxy) is 2. The Balaban J connectivity index is 1.92. The van der Waals surface area contributed by atoms with Crippen molar-refractivity contribution in [1.29, 1.82) is 0 Å². The number of nitrogens with zero attached hydrogens (tertiary/aromatic N) is 3. The summed E-state index contributed by atoms with van der Waals surface area (Å²) in [6, 6.07) is 7.48. The molecule has 2 aliphatic rings. The average molecular weight is 350 g/mol. The Hall–Kier alpha value is -3.55. The average Bonchev–Trinajstić information content (AvgIpc) is 3.29. The van der Waals surface area contributed by atoms with Crippen molar-refractivity contribution in [1.82, 2.24) is 9.97 Å². The highest BCUT2D eigenvalue weighted by Crippen LogP contribution is 2.28. The zero-order valence-electron chi connectivity index (χ0n) is 14.0. The molecule has 0 spiro atoms. The Bertz CT molecular complexity index is 1150. The van der Waals surface area contributed by atoms with Crippen LogP contribution >= 0.6 is 0 Å². The zero-order valence-corrected chi connectivity index (χ0v) is 14.0. The molecule has 0 radical (unpaired) electrons. The summed E-state index contributed by atoms with van der Waals surface area (Å²) in [5.41, 5.74) is -0.646. The Morgan fingerprint density at radius 1 is 1.04 bits per heavy atom. The highest BCUT2D eigenvalue weighted by Gasteiger charge is 2.45. The van der Waals surface area contributed by atoms with E-state index in [4.69, 9.17) is 9.47 Å². The summed E-state index contributed by atoms with van der Waals surface area (Å²) in [6.07, 6.45) is 4.44. The van der Waals surface area contributed by atoms with Gasteiger partial charge >= 0.3 is 11.9 Å². The number of aromatic nitrogens is 2. The second-order valence-electron chi connectivity index (χ2n) is 5.75. The molecule has 1 aliphatic carbocycles. The lowest BCUT2D eigenvalue weighted by Crippen LogP contribution is -2.40. The number of carbonyl (C=O) groups excluding carboxylic acids is 2. The number of carbonyl (C=O) groups is 2. The quantitative estimate of drug-likeness (QED) is 0.528. The molecular weight excluding hydrogens is 336 g/mol. The van der Waals surface area contributed by atoms with Crippen molar-refractivity contribution in [3.63, 3.8) is 0 Å². The van der Waals surface area contributed by atoms with Gasteiger partial charge in [0.15, 0.2) is 11.3 Å². The number of esters is 2. The van der Waals surface area contributed by atoms with Crippen LogP contribution in [0.1, 0.15) is 5.69 Å². The van der Waals surface area contributed by atoms with E-state index in [1.165, 1.54) is 26.4 Å². The van der Waals surface area contributed by atoms with E-state index >= 15 is 0 Å². The largest absolute Gasteiger partial charge is 0.468 e. The molecule has 8 nitrogen and oxygen atoms in total. The fourth-order valence-electron chi connectivity index (χ4n) is 2.92. The van der Waals surface area contributed by atoms with Crippen molar-refractivity contribution >= 4 is 29.9 Å². The minimum atomic E-state index is -1.65. The van der Waals surface area contributed by atoms with E-state index in [1.54, 1.807) is 6.08 Å². The van der Waals surface area contributed by atoms with Crippen LogP contribution in [0.15, 0.2) is 40.3 Å².